The minimum Gasteiger partial charge on any atom is 0 e. The van der Waals surface area contributed by atoms with Crippen LogP contribution in [-0.4, -0.2) is 63.3 Å². The molecule has 0 aromatic rings. The van der Waals surface area contributed by atoms with Gasteiger partial charge in [0.1, 0.15) is 0 Å². The number of hydrogen-bond acceptors (Lipinski definition) is 3. The Balaban J connectivity index is -0.00000242. The van der Waals surface area contributed by atoms with Crippen molar-refractivity contribution in [2.24, 2.45) is 0 Å². The van der Waals surface area contributed by atoms with Crippen molar-refractivity contribution in [1.82, 2.24) is 0 Å². The Morgan fingerprint density at radius 3 is 1.28 bits per heavy atom. The van der Waals surface area contributed by atoms with E-state index in [0.717, 1.165) is 12.8 Å². The fourth-order valence-electron chi connectivity index (χ4n) is 2.85. The predicted octanol–water partition coefficient (Wildman–Crippen LogP) is 5.69. The molecule has 0 bridgehead atoms. The molecule has 3 nitrogen and oxygen atoms in total. The molecule has 0 spiro atoms. The standard InChI is InChI=1S/C20H38O3.K.Zn.H/c1-3-4-5-6-7-8-9-10-11-12-13-14-15-16-17-18-20(22)23-19(2)21;;;/h3-18H2,1-2H3;;;. The number of unbranched alkanes of at least 4 members (excludes halogenated alkanes) is 14. The molecule has 0 aliphatic rings. The topological polar surface area (TPSA) is 43.4 Å². The van der Waals surface area contributed by atoms with Crippen LogP contribution in [0.2, 0.25) is 0 Å². The summed E-state index contributed by atoms with van der Waals surface area (Å²) in [5.74, 6) is -0.886. The van der Waals surface area contributed by atoms with E-state index in [2.05, 4.69) is 11.7 Å². The molecule has 0 N–H and O–H groups in total. The van der Waals surface area contributed by atoms with E-state index in [4.69, 9.17) is 0 Å². The van der Waals surface area contributed by atoms with Crippen LogP contribution in [0.5, 0.6) is 0 Å². The fourth-order valence-corrected chi connectivity index (χ4v) is 2.85. The van der Waals surface area contributed by atoms with Crippen LogP contribution in [0.3, 0.4) is 0 Å². The number of hydrogen-bond donors (Lipinski definition) is 0. The number of carbonyl (C=O) groups excluding carboxylic acids is 2. The Kier molecular flexibility index (Phi) is 31.6. The summed E-state index contributed by atoms with van der Waals surface area (Å²) in [4.78, 5) is 21.7. The van der Waals surface area contributed by atoms with E-state index in [-0.39, 0.29) is 76.8 Å². The van der Waals surface area contributed by atoms with Crippen molar-refractivity contribution in [2.45, 2.75) is 117 Å². The quantitative estimate of drug-likeness (QED) is 0.136. The van der Waals surface area contributed by atoms with Crippen LogP contribution in [0.25, 0.3) is 0 Å². The van der Waals surface area contributed by atoms with E-state index in [1.807, 2.05) is 0 Å². The van der Waals surface area contributed by atoms with Crippen LogP contribution in [0.1, 0.15) is 117 Å². The summed E-state index contributed by atoms with van der Waals surface area (Å²) in [7, 11) is 0. The van der Waals surface area contributed by atoms with Crippen LogP contribution in [0, 0.1) is 0 Å². The van der Waals surface area contributed by atoms with Gasteiger partial charge in [0.2, 0.25) is 0 Å². The van der Waals surface area contributed by atoms with Crippen molar-refractivity contribution in [3.63, 3.8) is 0 Å². The monoisotopic (exact) mass is 430 g/mol. The van der Waals surface area contributed by atoms with Crippen molar-refractivity contribution in [1.29, 1.82) is 0 Å². The van der Waals surface area contributed by atoms with Gasteiger partial charge in [-0.1, -0.05) is 96.8 Å². The number of rotatable bonds is 16. The summed E-state index contributed by atoms with van der Waals surface area (Å²) >= 11 is 0. The molecule has 0 rings (SSSR count). The summed E-state index contributed by atoms with van der Waals surface area (Å²) in [6.07, 6.45) is 20.0. The van der Waals surface area contributed by atoms with E-state index >= 15 is 0 Å². The van der Waals surface area contributed by atoms with E-state index in [0.29, 0.717) is 6.42 Å². The largest absolute Gasteiger partial charge is 0 e. The molecule has 0 aromatic heterocycles. The molecule has 0 saturated heterocycles. The molecule has 0 aliphatic carbocycles. The first kappa shape index (κ1) is 31.1. The third-order valence-corrected chi connectivity index (χ3v) is 4.24. The summed E-state index contributed by atoms with van der Waals surface area (Å²) in [5, 5.41) is 0. The van der Waals surface area contributed by atoms with E-state index in [9.17, 15) is 9.59 Å². The van der Waals surface area contributed by atoms with Crippen LogP contribution in [-0.2, 0) is 33.8 Å². The van der Waals surface area contributed by atoms with Gasteiger partial charge >= 0.3 is 63.3 Å². The second-order valence-electron chi connectivity index (χ2n) is 6.67. The van der Waals surface area contributed by atoms with Gasteiger partial charge in [0.05, 0.1) is 0 Å². The van der Waals surface area contributed by atoms with Crippen molar-refractivity contribution in [3.05, 3.63) is 0 Å². The Hall–Kier alpha value is 1.40. The van der Waals surface area contributed by atoms with E-state index in [1.54, 1.807) is 0 Å². The molecule has 0 fully saturated rings. The maximum atomic E-state index is 11.1. The molecule has 0 saturated carbocycles. The van der Waals surface area contributed by atoms with E-state index < -0.39 is 5.97 Å². The fraction of sp³-hybridized carbons (Fsp3) is 0.900. The van der Waals surface area contributed by atoms with Crippen molar-refractivity contribution in [2.75, 3.05) is 0 Å². The molecule has 0 radical (unpaired) electrons. The molecule has 0 amide bonds. The zero-order chi connectivity index (χ0) is 17.2. The third-order valence-electron chi connectivity index (χ3n) is 4.24. The average Bonchev–Trinajstić information content (AvgIpc) is 2.50. The first-order valence-corrected chi connectivity index (χ1v) is 9.88. The molecule has 5 heteroatoms. The second kappa shape index (κ2) is 25.4. The van der Waals surface area contributed by atoms with Gasteiger partial charge in [-0.25, -0.2) is 0 Å². The van der Waals surface area contributed by atoms with Crippen molar-refractivity contribution >= 4 is 63.3 Å². The summed E-state index contributed by atoms with van der Waals surface area (Å²) in [6.45, 7) is 3.53. The minimum atomic E-state index is -0.504. The Labute approximate surface area is 211 Å². The Bertz CT molecular complexity index is 299. The zero-order valence-electron chi connectivity index (χ0n) is 16.2. The molecule has 140 valence electrons. The van der Waals surface area contributed by atoms with Crippen LogP contribution >= 0.6 is 0 Å². The first-order chi connectivity index (χ1) is 11.2. The number of esters is 2. The molecule has 0 unspecified atom stereocenters. The molecule has 0 aliphatic heterocycles. The van der Waals surface area contributed by atoms with Gasteiger partial charge in [-0.15, -0.1) is 0 Å². The van der Waals surface area contributed by atoms with Crippen LogP contribution in [0.4, 0.5) is 0 Å². The van der Waals surface area contributed by atoms with Gasteiger partial charge in [0.15, 0.2) is 0 Å². The van der Waals surface area contributed by atoms with Gasteiger partial charge in [-0.2, -0.15) is 0 Å². The van der Waals surface area contributed by atoms with Gasteiger partial charge in [-0.05, 0) is 6.42 Å². The molecule has 0 heterocycles. The normalized spacial score (nSPS) is 9.84. The molecule has 0 atom stereocenters. The predicted molar refractivity (Wildman–Crippen MR) is 103 cm³/mol. The molecule has 25 heavy (non-hydrogen) atoms. The third kappa shape index (κ3) is 27.7. The number of carbonyl (C=O) groups is 2. The molecular formula is C20H39KO3Zn. The van der Waals surface area contributed by atoms with Gasteiger partial charge < -0.3 is 4.74 Å². The van der Waals surface area contributed by atoms with Crippen LogP contribution < -0.4 is 0 Å². The molecular weight excluding hydrogens is 393 g/mol. The zero-order valence-corrected chi connectivity index (χ0v) is 19.2. The van der Waals surface area contributed by atoms with Gasteiger partial charge in [0, 0.05) is 32.8 Å². The van der Waals surface area contributed by atoms with Crippen LogP contribution in [0.15, 0.2) is 0 Å². The van der Waals surface area contributed by atoms with E-state index in [1.165, 1.54) is 90.4 Å². The Morgan fingerprint density at radius 2 is 0.960 bits per heavy atom. The molecule has 0 aromatic carbocycles. The SMILES string of the molecule is CCCCCCCCCCCCCCCCCC(=O)OC(C)=O.[KH].[Zn]. The van der Waals surface area contributed by atoms with Gasteiger partial charge in [-0.3, -0.25) is 9.59 Å². The maximum Gasteiger partial charge on any atom is 0 e. The summed E-state index contributed by atoms with van der Waals surface area (Å²) < 4.78 is 4.49. The van der Waals surface area contributed by atoms with Crippen molar-refractivity contribution in [3.8, 4) is 0 Å². The summed E-state index contributed by atoms with van der Waals surface area (Å²) in [5.41, 5.74) is 0. The van der Waals surface area contributed by atoms with Gasteiger partial charge in [0.25, 0.3) is 0 Å². The summed E-state index contributed by atoms with van der Waals surface area (Å²) in [6, 6.07) is 0. The Morgan fingerprint density at radius 1 is 0.640 bits per heavy atom. The smallest absolute Gasteiger partial charge is 0 e. The minimum absolute atomic E-state index is 0. The first-order valence-electron chi connectivity index (χ1n) is 9.88. The second-order valence-corrected chi connectivity index (χ2v) is 6.67. The number of ether oxygens (including phenoxy) is 1. The average molecular weight is 432 g/mol. The van der Waals surface area contributed by atoms with Crippen molar-refractivity contribution < 1.29 is 33.8 Å². The maximum absolute atomic E-state index is 11.1.